The number of hydrogen-bond acceptors (Lipinski definition) is 5. The minimum Gasteiger partial charge on any atom is -0.469 e. The molecule has 0 amide bonds. The van der Waals surface area contributed by atoms with Crippen LogP contribution in [0.4, 0.5) is 0 Å². The van der Waals surface area contributed by atoms with Crippen molar-refractivity contribution in [1.82, 2.24) is 0 Å². The third-order valence-electron chi connectivity index (χ3n) is 4.24. The molecule has 0 bridgehead atoms. The van der Waals surface area contributed by atoms with E-state index in [1.807, 2.05) is 0 Å². The summed E-state index contributed by atoms with van der Waals surface area (Å²) in [4.78, 5) is 11.3. The van der Waals surface area contributed by atoms with Gasteiger partial charge < -0.3 is 19.3 Å². The van der Waals surface area contributed by atoms with Crippen molar-refractivity contribution in [3.8, 4) is 0 Å². The Labute approximate surface area is 114 Å². The average Bonchev–Trinajstić information content (AvgIpc) is 2.39. The van der Waals surface area contributed by atoms with Gasteiger partial charge in [-0.2, -0.15) is 0 Å². The molecular formula is C14H24O5. The van der Waals surface area contributed by atoms with Gasteiger partial charge in [-0.05, 0) is 19.3 Å². The molecule has 2 fully saturated rings. The molecule has 0 aromatic rings. The summed E-state index contributed by atoms with van der Waals surface area (Å²) in [7, 11) is 1.38. The zero-order valence-electron chi connectivity index (χ0n) is 11.8. The smallest absolute Gasteiger partial charge is 0.308 e. The first kappa shape index (κ1) is 14.8. The van der Waals surface area contributed by atoms with Crippen molar-refractivity contribution in [2.24, 2.45) is 5.92 Å². The standard InChI is InChI=1S/C14H24O5/c1-3-10-9-18-14(8-12(10)15)6-4-5-11(19-14)7-13(16)17-2/h10-12,15H,3-9H2,1-2H3/t10-,11+,12-,14-/m1/s1. The molecule has 0 aromatic heterocycles. The number of aliphatic hydroxyl groups excluding tert-OH is 1. The second-order valence-corrected chi connectivity index (χ2v) is 5.57. The summed E-state index contributed by atoms with van der Waals surface area (Å²) < 4.78 is 16.5. The lowest BCUT2D eigenvalue weighted by Gasteiger charge is -2.46. The number of aliphatic hydroxyl groups is 1. The number of esters is 1. The highest BCUT2D eigenvalue weighted by Crippen LogP contribution is 2.40. The van der Waals surface area contributed by atoms with Crippen molar-refractivity contribution in [3.63, 3.8) is 0 Å². The quantitative estimate of drug-likeness (QED) is 0.791. The van der Waals surface area contributed by atoms with E-state index in [0.717, 1.165) is 25.7 Å². The van der Waals surface area contributed by atoms with E-state index in [2.05, 4.69) is 11.7 Å². The maximum Gasteiger partial charge on any atom is 0.308 e. The normalized spacial score (nSPS) is 39.2. The summed E-state index contributed by atoms with van der Waals surface area (Å²) in [5.74, 6) is -0.762. The Kier molecular flexibility index (Phi) is 4.81. The molecule has 0 saturated carbocycles. The van der Waals surface area contributed by atoms with Crippen molar-refractivity contribution in [1.29, 1.82) is 0 Å². The minimum absolute atomic E-state index is 0.161. The third kappa shape index (κ3) is 3.46. The highest BCUT2D eigenvalue weighted by atomic mass is 16.7. The molecule has 4 atom stereocenters. The zero-order valence-corrected chi connectivity index (χ0v) is 11.8. The van der Waals surface area contributed by atoms with E-state index in [1.54, 1.807) is 0 Å². The molecule has 0 unspecified atom stereocenters. The van der Waals surface area contributed by atoms with Gasteiger partial charge in [0.1, 0.15) is 0 Å². The van der Waals surface area contributed by atoms with Gasteiger partial charge in [0, 0.05) is 18.8 Å². The number of carbonyl (C=O) groups excluding carboxylic acids is 1. The van der Waals surface area contributed by atoms with E-state index in [0.29, 0.717) is 13.0 Å². The number of methoxy groups -OCH3 is 1. The lowest BCUT2D eigenvalue weighted by atomic mass is 9.87. The highest BCUT2D eigenvalue weighted by Gasteiger charge is 2.45. The summed E-state index contributed by atoms with van der Waals surface area (Å²) in [6.07, 6.45) is 3.71. The van der Waals surface area contributed by atoms with Crippen LogP contribution in [-0.4, -0.2) is 42.8 Å². The topological polar surface area (TPSA) is 65.0 Å². The fourth-order valence-electron chi connectivity index (χ4n) is 2.99. The minimum atomic E-state index is -0.692. The molecule has 0 aromatic carbocycles. The maximum atomic E-state index is 11.3. The van der Waals surface area contributed by atoms with Crippen LogP contribution in [0.15, 0.2) is 0 Å². The second kappa shape index (κ2) is 6.20. The molecule has 0 radical (unpaired) electrons. The summed E-state index contributed by atoms with van der Waals surface area (Å²) in [6, 6.07) is 0. The van der Waals surface area contributed by atoms with E-state index < -0.39 is 5.79 Å². The number of ether oxygens (including phenoxy) is 3. The molecular weight excluding hydrogens is 248 g/mol. The van der Waals surface area contributed by atoms with Crippen molar-refractivity contribution >= 4 is 5.97 Å². The summed E-state index contributed by atoms with van der Waals surface area (Å²) in [6.45, 7) is 2.58. The van der Waals surface area contributed by atoms with Crippen molar-refractivity contribution in [3.05, 3.63) is 0 Å². The van der Waals surface area contributed by atoms with E-state index in [1.165, 1.54) is 7.11 Å². The molecule has 5 nitrogen and oxygen atoms in total. The van der Waals surface area contributed by atoms with Crippen LogP contribution < -0.4 is 0 Å². The molecule has 19 heavy (non-hydrogen) atoms. The maximum absolute atomic E-state index is 11.3. The monoisotopic (exact) mass is 272 g/mol. The third-order valence-corrected chi connectivity index (χ3v) is 4.24. The fourth-order valence-corrected chi connectivity index (χ4v) is 2.99. The van der Waals surface area contributed by atoms with Crippen molar-refractivity contribution in [2.75, 3.05) is 13.7 Å². The predicted octanol–water partition coefficient (Wildman–Crippen LogP) is 1.62. The molecule has 1 spiro atoms. The molecule has 2 aliphatic heterocycles. The van der Waals surface area contributed by atoms with E-state index >= 15 is 0 Å². The molecule has 0 aliphatic carbocycles. The first-order valence-electron chi connectivity index (χ1n) is 7.15. The first-order valence-corrected chi connectivity index (χ1v) is 7.15. The molecule has 110 valence electrons. The van der Waals surface area contributed by atoms with Gasteiger partial charge in [-0.15, -0.1) is 0 Å². The number of hydrogen-bond donors (Lipinski definition) is 1. The summed E-state index contributed by atoms with van der Waals surface area (Å²) >= 11 is 0. The fraction of sp³-hybridized carbons (Fsp3) is 0.929. The van der Waals surface area contributed by atoms with Gasteiger partial charge in [0.25, 0.3) is 0 Å². The summed E-state index contributed by atoms with van der Waals surface area (Å²) in [5, 5.41) is 10.1. The first-order chi connectivity index (χ1) is 9.08. The summed E-state index contributed by atoms with van der Waals surface area (Å²) in [5.41, 5.74) is 0. The average molecular weight is 272 g/mol. The molecule has 2 saturated heterocycles. The Hall–Kier alpha value is -0.650. The molecule has 1 N–H and O–H groups in total. The SMILES string of the molecule is CC[C@@H]1CO[C@@]2(CCC[C@@H](CC(=O)OC)O2)C[C@H]1O. The Bertz CT molecular complexity index is 319. The lowest BCUT2D eigenvalue weighted by Crippen LogP contribution is -2.52. The number of carbonyl (C=O) groups is 1. The Balaban J connectivity index is 1.94. The molecule has 5 heteroatoms. The van der Waals surface area contributed by atoms with Gasteiger partial charge in [-0.25, -0.2) is 0 Å². The van der Waals surface area contributed by atoms with Crippen LogP contribution in [0.2, 0.25) is 0 Å². The lowest BCUT2D eigenvalue weighted by molar-refractivity contribution is -0.317. The van der Waals surface area contributed by atoms with Crippen molar-refractivity contribution in [2.45, 2.75) is 63.4 Å². The second-order valence-electron chi connectivity index (χ2n) is 5.57. The van der Waals surface area contributed by atoms with Crippen LogP contribution in [0.25, 0.3) is 0 Å². The van der Waals surface area contributed by atoms with Crippen LogP contribution in [-0.2, 0) is 19.0 Å². The van der Waals surface area contributed by atoms with Crippen LogP contribution in [0.3, 0.4) is 0 Å². The molecule has 2 rings (SSSR count). The highest BCUT2D eigenvalue weighted by molar-refractivity contribution is 5.69. The Morgan fingerprint density at radius 3 is 2.95 bits per heavy atom. The van der Waals surface area contributed by atoms with Gasteiger partial charge in [0.05, 0.1) is 32.3 Å². The number of rotatable bonds is 3. The van der Waals surface area contributed by atoms with Gasteiger partial charge in [-0.1, -0.05) is 6.92 Å². The van der Waals surface area contributed by atoms with E-state index in [4.69, 9.17) is 9.47 Å². The van der Waals surface area contributed by atoms with Gasteiger partial charge in [0.15, 0.2) is 5.79 Å². The molecule has 2 aliphatic rings. The van der Waals surface area contributed by atoms with Gasteiger partial charge in [-0.3, -0.25) is 4.79 Å². The zero-order chi connectivity index (χ0) is 13.9. The van der Waals surface area contributed by atoms with Gasteiger partial charge in [0.2, 0.25) is 0 Å². The van der Waals surface area contributed by atoms with Crippen LogP contribution in [0.5, 0.6) is 0 Å². The largest absolute Gasteiger partial charge is 0.469 e. The molecule has 2 heterocycles. The van der Waals surface area contributed by atoms with Crippen LogP contribution >= 0.6 is 0 Å². The van der Waals surface area contributed by atoms with Crippen LogP contribution in [0.1, 0.15) is 45.4 Å². The van der Waals surface area contributed by atoms with E-state index in [9.17, 15) is 9.90 Å². The van der Waals surface area contributed by atoms with Crippen molar-refractivity contribution < 1.29 is 24.1 Å². The Morgan fingerprint density at radius 2 is 2.32 bits per heavy atom. The van der Waals surface area contributed by atoms with Crippen LogP contribution in [0, 0.1) is 5.92 Å². The van der Waals surface area contributed by atoms with Gasteiger partial charge >= 0.3 is 5.97 Å². The Morgan fingerprint density at radius 1 is 1.53 bits per heavy atom. The predicted molar refractivity (Wildman–Crippen MR) is 68.4 cm³/mol. The van der Waals surface area contributed by atoms with E-state index in [-0.39, 0.29) is 30.5 Å².